The number of rotatable bonds is 9. The first-order valence-corrected chi connectivity index (χ1v) is 8.85. The number of carbonyl (C=O) groups is 1. The molecule has 1 aliphatic heterocycles. The fourth-order valence-electron chi connectivity index (χ4n) is 2.73. The van der Waals surface area contributed by atoms with Crippen LogP contribution in [0.3, 0.4) is 0 Å². The van der Waals surface area contributed by atoms with E-state index in [0.29, 0.717) is 36.8 Å². The highest BCUT2D eigenvalue weighted by atomic mass is 16.5. The average molecular weight is 335 g/mol. The first-order chi connectivity index (χ1) is 11.7. The van der Waals surface area contributed by atoms with Crippen LogP contribution in [0.1, 0.15) is 30.6 Å². The molecular formula is C18H29N3O3. The number of hydrogen-bond donors (Lipinski definition) is 2. The zero-order chi connectivity index (χ0) is 17.2. The van der Waals surface area contributed by atoms with Crippen molar-refractivity contribution in [3.05, 3.63) is 23.8 Å². The second-order valence-electron chi connectivity index (χ2n) is 5.73. The standard InChI is InChI=1S/C18H29N3O3/c1-3-23-16-7-6-15(14-17(16)24-4-2)18(22)20-8-5-11-21-12-9-19-10-13-21/h6-7,14,19H,3-5,8-13H2,1-2H3,(H,20,22). The van der Waals surface area contributed by atoms with Gasteiger partial charge in [0.1, 0.15) is 0 Å². The highest BCUT2D eigenvalue weighted by Crippen LogP contribution is 2.28. The maximum Gasteiger partial charge on any atom is 0.251 e. The van der Waals surface area contributed by atoms with Crippen LogP contribution in [0.15, 0.2) is 18.2 Å². The summed E-state index contributed by atoms with van der Waals surface area (Å²) in [5.41, 5.74) is 0.601. The van der Waals surface area contributed by atoms with Gasteiger partial charge in [-0.05, 0) is 45.0 Å². The van der Waals surface area contributed by atoms with Crippen molar-refractivity contribution < 1.29 is 14.3 Å². The predicted octanol–water partition coefficient (Wildman–Crippen LogP) is 1.51. The molecule has 1 amide bonds. The number of nitrogens with zero attached hydrogens (tertiary/aromatic N) is 1. The molecule has 1 saturated heterocycles. The lowest BCUT2D eigenvalue weighted by molar-refractivity contribution is 0.0950. The topological polar surface area (TPSA) is 62.8 Å². The molecule has 2 rings (SSSR count). The Balaban J connectivity index is 1.81. The van der Waals surface area contributed by atoms with E-state index in [4.69, 9.17) is 9.47 Å². The van der Waals surface area contributed by atoms with Crippen LogP contribution in [0.5, 0.6) is 11.5 Å². The fourth-order valence-corrected chi connectivity index (χ4v) is 2.73. The van der Waals surface area contributed by atoms with Crippen LogP contribution in [0, 0.1) is 0 Å². The van der Waals surface area contributed by atoms with Gasteiger partial charge in [-0.25, -0.2) is 0 Å². The van der Waals surface area contributed by atoms with Gasteiger partial charge in [-0.3, -0.25) is 4.79 Å². The molecule has 1 aromatic rings. The SMILES string of the molecule is CCOc1ccc(C(=O)NCCCN2CCNCC2)cc1OCC. The molecule has 1 aromatic carbocycles. The Kier molecular flexibility index (Phi) is 7.85. The molecule has 0 aromatic heterocycles. The fraction of sp³-hybridized carbons (Fsp3) is 0.611. The van der Waals surface area contributed by atoms with Gasteiger partial charge in [0.15, 0.2) is 11.5 Å². The third-order valence-corrected chi connectivity index (χ3v) is 3.95. The molecule has 0 atom stereocenters. The lowest BCUT2D eigenvalue weighted by Crippen LogP contribution is -2.44. The second kappa shape index (κ2) is 10.2. The van der Waals surface area contributed by atoms with E-state index in [0.717, 1.165) is 39.1 Å². The number of carbonyl (C=O) groups excluding carboxylic acids is 1. The van der Waals surface area contributed by atoms with Crippen molar-refractivity contribution in [2.75, 3.05) is 52.5 Å². The van der Waals surface area contributed by atoms with Crippen molar-refractivity contribution in [3.8, 4) is 11.5 Å². The Morgan fingerprint density at radius 1 is 1.17 bits per heavy atom. The van der Waals surface area contributed by atoms with E-state index in [2.05, 4.69) is 15.5 Å². The molecule has 134 valence electrons. The van der Waals surface area contributed by atoms with Gasteiger partial charge < -0.3 is 25.0 Å². The van der Waals surface area contributed by atoms with Crippen LogP contribution in [0.2, 0.25) is 0 Å². The summed E-state index contributed by atoms with van der Waals surface area (Å²) in [5.74, 6) is 1.22. The molecular weight excluding hydrogens is 306 g/mol. The highest BCUT2D eigenvalue weighted by Gasteiger charge is 2.12. The number of benzene rings is 1. The van der Waals surface area contributed by atoms with Crippen molar-refractivity contribution >= 4 is 5.91 Å². The van der Waals surface area contributed by atoms with Crippen LogP contribution >= 0.6 is 0 Å². The third kappa shape index (κ3) is 5.69. The summed E-state index contributed by atoms with van der Waals surface area (Å²) in [6.07, 6.45) is 0.959. The van der Waals surface area contributed by atoms with Crippen molar-refractivity contribution in [1.29, 1.82) is 0 Å². The lowest BCUT2D eigenvalue weighted by Gasteiger charge is -2.27. The molecule has 0 saturated carbocycles. The van der Waals surface area contributed by atoms with Crippen LogP contribution in [-0.4, -0.2) is 63.3 Å². The maximum atomic E-state index is 12.3. The molecule has 0 bridgehead atoms. The summed E-state index contributed by atoms with van der Waals surface area (Å²) < 4.78 is 11.1. The van der Waals surface area contributed by atoms with Gasteiger partial charge in [0, 0.05) is 38.3 Å². The zero-order valence-electron chi connectivity index (χ0n) is 14.8. The van der Waals surface area contributed by atoms with Gasteiger partial charge in [-0.2, -0.15) is 0 Å². The Morgan fingerprint density at radius 2 is 1.88 bits per heavy atom. The highest BCUT2D eigenvalue weighted by molar-refractivity contribution is 5.94. The largest absolute Gasteiger partial charge is 0.490 e. The van der Waals surface area contributed by atoms with E-state index in [-0.39, 0.29) is 5.91 Å². The van der Waals surface area contributed by atoms with Crippen LogP contribution < -0.4 is 20.1 Å². The van der Waals surface area contributed by atoms with E-state index in [1.54, 1.807) is 18.2 Å². The Bertz CT molecular complexity index is 516. The monoisotopic (exact) mass is 335 g/mol. The molecule has 1 heterocycles. The van der Waals surface area contributed by atoms with Gasteiger partial charge in [0.05, 0.1) is 13.2 Å². The molecule has 1 aliphatic rings. The molecule has 6 heteroatoms. The van der Waals surface area contributed by atoms with Crippen LogP contribution in [0.4, 0.5) is 0 Å². The van der Waals surface area contributed by atoms with Crippen molar-refractivity contribution in [1.82, 2.24) is 15.5 Å². The summed E-state index contributed by atoms with van der Waals surface area (Å²) in [7, 11) is 0. The van der Waals surface area contributed by atoms with E-state index >= 15 is 0 Å². The predicted molar refractivity (Wildman–Crippen MR) is 95.0 cm³/mol. The quantitative estimate of drug-likeness (QED) is 0.670. The molecule has 0 radical (unpaired) electrons. The number of ether oxygens (including phenoxy) is 2. The number of amides is 1. The molecule has 24 heavy (non-hydrogen) atoms. The van der Waals surface area contributed by atoms with Crippen molar-refractivity contribution in [3.63, 3.8) is 0 Å². The number of piperazine rings is 1. The van der Waals surface area contributed by atoms with E-state index < -0.39 is 0 Å². The van der Waals surface area contributed by atoms with Crippen LogP contribution in [0.25, 0.3) is 0 Å². The van der Waals surface area contributed by atoms with Gasteiger partial charge in [0.25, 0.3) is 5.91 Å². The molecule has 2 N–H and O–H groups in total. The molecule has 6 nitrogen and oxygen atoms in total. The first-order valence-electron chi connectivity index (χ1n) is 8.85. The summed E-state index contributed by atoms with van der Waals surface area (Å²) in [6, 6.07) is 5.32. The minimum absolute atomic E-state index is 0.0701. The normalized spacial score (nSPS) is 15.1. The van der Waals surface area contributed by atoms with Gasteiger partial charge in [-0.1, -0.05) is 0 Å². The minimum Gasteiger partial charge on any atom is -0.490 e. The van der Waals surface area contributed by atoms with E-state index in [1.165, 1.54) is 0 Å². The van der Waals surface area contributed by atoms with E-state index in [1.807, 2.05) is 13.8 Å². The lowest BCUT2D eigenvalue weighted by atomic mass is 10.2. The van der Waals surface area contributed by atoms with E-state index in [9.17, 15) is 4.79 Å². The zero-order valence-corrected chi connectivity index (χ0v) is 14.8. The average Bonchev–Trinajstić information content (AvgIpc) is 2.61. The van der Waals surface area contributed by atoms with Gasteiger partial charge in [0.2, 0.25) is 0 Å². The molecule has 0 spiro atoms. The molecule has 1 fully saturated rings. The van der Waals surface area contributed by atoms with Crippen molar-refractivity contribution in [2.45, 2.75) is 20.3 Å². The minimum atomic E-state index is -0.0701. The summed E-state index contributed by atoms with van der Waals surface area (Å²) in [6.45, 7) is 10.9. The summed E-state index contributed by atoms with van der Waals surface area (Å²) in [5, 5.41) is 6.32. The molecule has 0 unspecified atom stereocenters. The summed E-state index contributed by atoms with van der Waals surface area (Å²) in [4.78, 5) is 14.7. The smallest absolute Gasteiger partial charge is 0.251 e. The summed E-state index contributed by atoms with van der Waals surface area (Å²) >= 11 is 0. The first kappa shape index (κ1) is 18.5. The van der Waals surface area contributed by atoms with Gasteiger partial charge in [-0.15, -0.1) is 0 Å². The second-order valence-corrected chi connectivity index (χ2v) is 5.73. The molecule has 0 aliphatic carbocycles. The van der Waals surface area contributed by atoms with Crippen molar-refractivity contribution in [2.24, 2.45) is 0 Å². The third-order valence-electron chi connectivity index (χ3n) is 3.95. The number of nitrogens with one attached hydrogen (secondary N) is 2. The Morgan fingerprint density at radius 3 is 2.58 bits per heavy atom. The van der Waals surface area contributed by atoms with Gasteiger partial charge >= 0.3 is 0 Å². The number of hydrogen-bond acceptors (Lipinski definition) is 5. The Hall–Kier alpha value is -1.79. The maximum absolute atomic E-state index is 12.3. The van der Waals surface area contributed by atoms with Crippen LogP contribution in [-0.2, 0) is 0 Å². The Labute approximate surface area is 144 Å².